The molecule has 0 saturated carbocycles. The molecule has 0 atom stereocenters. The molecule has 0 unspecified atom stereocenters. The van der Waals surface area contributed by atoms with Crippen LogP contribution >= 0.6 is 11.6 Å². The fraction of sp³-hybridized carbons (Fsp3) is 0.0667. The second-order valence-corrected chi connectivity index (χ2v) is 5.06. The summed E-state index contributed by atoms with van der Waals surface area (Å²) in [5.41, 5.74) is 0.0543. The predicted molar refractivity (Wildman–Crippen MR) is 76.3 cm³/mol. The highest BCUT2D eigenvalue weighted by atomic mass is 35.5. The standard InChI is InChI=1S/C15H9ClF2N2O/c1-7-2-10(17)13(11(21)3-7)12-9(16)4-8-5-19-6-20-15(8)14(12)18/h2-6,21H,1H3. The quantitative estimate of drug-likeness (QED) is 0.731. The lowest BCUT2D eigenvalue weighted by atomic mass is 10.00. The Morgan fingerprint density at radius 1 is 1.14 bits per heavy atom. The molecule has 1 aromatic heterocycles. The van der Waals surface area contributed by atoms with Crippen LogP contribution in [0.15, 0.2) is 30.7 Å². The number of nitrogens with zero attached hydrogens (tertiary/aromatic N) is 2. The Morgan fingerprint density at radius 3 is 2.62 bits per heavy atom. The van der Waals surface area contributed by atoms with Gasteiger partial charge in [0, 0.05) is 17.1 Å². The molecule has 6 heteroatoms. The van der Waals surface area contributed by atoms with Gasteiger partial charge in [0.25, 0.3) is 0 Å². The summed E-state index contributed by atoms with van der Waals surface area (Å²) in [4.78, 5) is 7.62. The average Bonchev–Trinajstić information content (AvgIpc) is 2.41. The van der Waals surface area contributed by atoms with Gasteiger partial charge in [-0.05, 0) is 30.7 Å². The van der Waals surface area contributed by atoms with E-state index >= 15 is 0 Å². The van der Waals surface area contributed by atoms with E-state index in [1.807, 2.05) is 0 Å². The zero-order chi connectivity index (χ0) is 15.1. The largest absolute Gasteiger partial charge is 0.507 e. The fourth-order valence-corrected chi connectivity index (χ4v) is 2.56. The molecule has 0 aliphatic heterocycles. The van der Waals surface area contributed by atoms with E-state index in [4.69, 9.17) is 11.6 Å². The lowest BCUT2D eigenvalue weighted by molar-refractivity contribution is 0.470. The van der Waals surface area contributed by atoms with Crippen LogP contribution in [-0.4, -0.2) is 15.1 Å². The monoisotopic (exact) mass is 306 g/mol. The third-order valence-electron chi connectivity index (χ3n) is 3.15. The second kappa shape index (κ2) is 4.93. The number of halogens is 3. The highest BCUT2D eigenvalue weighted by Gasteiger charge is 2.21. The molecule has 0 radical (unpaired) electrons. The first kappa shape index (κ1) is 13.7. The number of phenols is 1. The van der Waals surface area contributed by atoms with Crippen LogP contribution in [0.25, 0.3) is 22.0 Å². The Hall–Kier alpha value is -2.27. The topological polar surface area (TPSA) is 46.0 Å². The Balaban J connectivity index is 2.41. The number of phenolic OH excluding ortho intramolecular Hbond substituents is 1. The zero-order valence-electron chi connectivity index (χ0n) is 10.9. The minimum absolute atomic E-state index is 0.0174. The van der Waals surface area contributed by atoms with E-state index < -0.39 is 11.6 Å². The molecular weight excluding hydrogens is 298 g/mol. The van der Waals surface area contributed by atoms with Crippen LogP contribution in [0, 0.1) is 18.6 Å². The third-order valence-corrected chi connectivity index (χ3v) is 3.45. The van der Waals surface area contributed by atoms with Crippen LogP contribution in [0.1, 0.15) is 5.56 Å². The molecule has 3 nitrogen and oxygen atoms in total. The molecule has 1 heterocycles. The van der Waals surface area contributed by atoms with Crippen molar-refractivity contribution in [1.82, 2.24) is 9.97 Å². The van der Waals surface area contributed by atoms with Crippen molar-refractivity contribution >= 4 is 22.5 Å². The van der Waals surface area contributed by atoms with Crippen LogP contribution in [0.2, 0.25) is 5.02 Å². The molecule has 3 rings (SSSR count). The van der Waals surface area contributed by atoms with Gasteiger partial charge in [0.15, 0.2) is 5.82 Å². The maximum absolute atomic E-state index is 14.6. The summed E-state index contributed by atoms with van der Waals surface area (Å²) in [6, 6.07) is 3.99. The van der Waals surface area contributed by atoms with Gasteiger partial charge in [0.05, 0.1) is 10.6 Å². The number of hydrogen-bond donors (Lipinski definition) is 1. The summed E-state index contributed by atoms with van der Waals surface area (Å²) in [6.07, 6.45) is 2.60. The molecule has 0 spiro atoms. The van der Waals surface area contributed by atoms with Gasteiger partial charge in [-0.15, -0.1) is 0 Å². The van der Waals surface area contributed by atoms with E-state index in [9.17, 15) is 13.9 Å². The normalized spacial score (nSPS) is 11.0. The molecule has 1 N–H and O–H groups in total. The van der Waals surface area contributed by atoms with Gasteiger partial charge < -0.3 is 5.11 Å². The van der Waals surface area contributed by atoms with Crippen molar-refractivity contribution < 1.29 is 13.9 Å². The zero-order valence-corrected chi connectivity index (χ0v) is 11.6. The van der Waals surface area contributed by atoms with E-state index in [2.05, 4.69) is 9.97 Å². The number of rotatable bonds is 1. The highest BCUT2D eigenvalue weighted by molar-refractivity contribution is 6.34. The summed E-state index contributed by atoms with van der Waals surface area (Å²) >= 11 is 6.05. The SMILES string of the molecule is Cc1cc(O)c(-c2c(Cl)cc3cncnc3c2F)c(F)c1. The smallest absolute Gasteiger partial charge is 0.159 e. The van der Waals surface area contributed by atoms with Gasteiger partial charge in [-0.25, -0.2) is 18.7 Å². The molecule has 0 aliphatic rings. The van der Waals surface area contributed by atoms with Crippen molar-refractivity contribution in [3.8, 4) is 16.9 Å². The van der Waals surface area contributed by atoms with Gasteiger partial charge in [-0.1, -0.05) is 11.6 Å². The first-order valence-corrected chi connectivity index (χ1v) is 6.44. The van der Waals surface area contributed by atoms with Crippen molar-refractivity contribution in [2.24, 2.45) is 0 Å². The number of aryl methyl sites for hydroxylation is 1. The third kappa shape index (κ3) is 2.19. The molecule has 21 heavy (non-hydrogen) atoms. The van der Waals surface area contributed by atoms with Crippen LogP contribution in [0.5, 0.6) is 5.75 Å². The minimum atomic E-state index is -0.794. The Bertz CT molecular complexity index is 845. The second-order valence-electron chi connectivity index (χ2n) is 4.65. The minimum Gasteiger partial charge on any atom is -0.507 e. The van der Waals surface area contributed by atoms with Crippen molar-refractivity contribution in [3.63, 3.8) is 0 Å². The number of aromatic hydroxyl groups is 1. The van der Waals surface area contributed by atoms with Crippen molar-refractivity contribution in [3.05, 3.63) is 52.9 Å². The molecule has 3 aromatic rings. The van der Waals surface area contributed by atoms with E-state index in [0.29, 0.717) is 10.9 Å². The Morgan fingerprint density at radius 2 is 1.90 bits per heavy atom. The van der Waals surface area contributed by atoms with Gasteiger partial charge in [-0.3, -0.25) is 0 Å². The summed E-state index contributed by atoms with van der Waals surface area (Å²) in [5.74, 6) is -1.92. The number of aromatic nitrogens is 2. The summed E-state index contributed by atoms with van der Waals surface area (Å²) in [5, 5.41) is 10.3. The molecule has 0 bridgehead atoms. The lowest BCUT2D eigenvalue weighted by Gasteiger charge is -2.12. The number of benzene rings is 2. The molecule has 0 aliphatic carbocycles. The Labute approximate surface area is 123 Å². The molecule has 106 valence electrons. The van der Waals surface area contributed by atoms with Crippen LogP contribution < -0.4 is 0 Å². The predicted octanol–water partition coefficient (Wildman–Crippen LogP) is 4.24. The maximum atomic E-state index is 14.6. The van der Waals surface area contributed by atoms with Crippen LogP contribution in [0.4, 0.5) is 8.78 Å². The lowest BCUT2D eigenvalue weighted by Crippen LogP contribution is -1.95. The van der Waals surface area contributed by atoms with E-state index in [1.54, 1.807) is 6.92 Å². The van der Waals surface area contributed by atoms with E-state index in [1.165, 1.54) is 30.7 Å². The van der Waals surface area contributed by atoms with Crippen LogP contribution in [0.3, 0.4) is 0 Å². The van der Waals surface area contributed by atoms with Gasteiger partial charge in [0.2, 0.25) is 0 Å². The Kier molecular flexibility index (Phi) is 3.22. The molecule has 0 amide bonds. The highest BCUT2D eigenvalue weighted by Crippen LogP contribution is 2.40. The van der Waals surface area contributed by atoms with Gasteiger partial charge in [0.1, 0.15) is 23.4 Å². The molecular formula is C15H9ClF2N2O. The summed E-state index contributed by atoms with van der Waals surface area (Å²) in [6.45, 7) is 1.62. The fourth-order valence-electron chi connectivity index (χ4n) is 2.26. The number of fused-ring (bicyclic) bond motifs is 1. The molecule has 0 fully saturated rings. The summed E-state index contributed by atoms with van der Waals surface area (Å²) < 4.78 is 28.8. The first-order valence-electron chi connectivity index (χ1n) is 6.06. The first-order chi connectivity index (χ1) is 9.99. The molecule has 0 saturated heterocycles. The van der Waals surface area contributed by atoms with Crippen molar-refractivity contribution in [1.29, 1.82) is 0 Å². The molecule has 2 aromatic carbocycles. The van der Waals surface area contributed by atoms with E-state index in [0.717, 1.165) is 0 Å². The van der Waals surface area contributed by atoms with Crippen LogP contribution in [-0.2, 0) is 0 Å². The number of hydrogen-bond acceptors (Lipinski definition) is 3. The van der Waals surface area contributed by atoms with Crippen molar-refractivity contribution in [2.45, 2.75) is 6.92 Å². The van der Waals surface area contributed by atoms with Gasteiger partial charge in [-0.2, -0.15) is 0 Å². The van der Waals surface area contributed by atoms with Gasteiger partial charge >= 0.3 is 0 Å². The maximum Gasteiger partial charge on any atom is 0.159 e. The van der Waals surface area contributed by atoms with Crippen molar-refractivity contribution in [2.75, 3.05) is 0 Å². The van der Waals surface area contributed by atoms with E-state index in [-0.39, 0.29) is 27.4 Å². The summed E-state index contributed by atoms with van der Waals surface area (Å²) in [7, 11) is 0. The average molecular weight is 307 g/mol.